The summed E-state index contributed by atoms with van der Waals surface area (Å²) < 4.78 is 34.0. The van der Waals surface area contributed by atoms with Gasteiger partial charge in [0.2, 0.25) is 0 Å². The van der Waals surface area contributed by atoms with E-state index in [9.17, 15) is 8.42 Å². The molecule has 0 unspecified atom stereocenters. The van der Waals surface area contributed by atoms with Crippen LogP contribution in [0.4, 0.5) is 11.4 Å². The summed E-state index contributed by atoms with van der Waals surface area (Å²) in [5.74, 6) is 1.22. The lowest BCUT2D eigenvalue weighted by molar-refractivity contribution is 0.415. The van der Waals surface area contributed by atoms with Crippen LogP contribution in [0.3, 0.4) is 0 Å². The Morgan fingerprint density at radius 3 is 2.47 bits per heavy atom. The molecule has 1 aliphatic heterocycles. The summed E-state index contributed by atoms with van der Waals surface area (Å²) >= 11 is 0. The Balaban J connectivity index is 1.46. The van der Waals surface area contributed by atoms with Crippen molar-refractivity contribution in [2.75, 3.05) is 17.1 Å². The highest BCUT2D eigenvalue weighted by Crippen LogP contribution is 2.50. The fourth-order valence-corrected chi connectivity index (χ4v) is 5.81. The molecule has 0 saturated heterocycles. The van der Waals surface area contributed by atoms with Gasteiger partial charge in [-0.3, -0.25) is 4.72 Å². The number of aryl methyl sites for hydroxylation is 1. The molecule has 1 aliphatic carbocycles. The molecule has 0 bridgehead atoms. The van der Waals surface area contributed by atoms with E-state index in [1.54, 1.807) is 37.4 Å². The van der Waals surface area contributed by atoms with E-state index in [1.807, 2.05) is 12.1 Å². The fraction of sp³-hybridized carbons (Fsp3) is 0.231. The van der Waals surface area contributed by atoms with Gasteiger partial charge in [-0.05, 0) is 72.9 Å². The van der Waals surface area contributed by atoms with E-state index in [0.717, 1.165) is 17.7 Å². The second-order valence-electron chi connectivity index (χ2n) is 8.47. The van der Waals surface area contributed by atoms with Crippen molar-refractivity contribution in [1.29, 1.82) is 0 Å². The molecule has 32 heavy (non-hydrogen) atoms. The molecule has 0 amide bonds. The van der Waals surface area contributed by atoms with E-state index in [1.165, 1.54) is 11.1 Å². The number of nitrogens with one attached hydrogen (secondary N) is 2. The summed E-state index contributed by atoms with van der Waals surface area (Å²) in [4.78, 5) is 0.265. The number of hydrogen-bond acceptors (Lipinski definition) is 4. The van der Waals surface area contributed by atoms with Gasteiger partial charge in [-0.15, -0.1) is 0 Å². The van der Waals surface area contributed by atoms with E-state index < -0.39 is 10.0 Å². The van der Waals surface area contributed by atoms with Crippen LogP contribution in [-0.2, 0) is 10.0 Å². The second kappa shape index (κ2) is 8.02. The van der Waals surface area contributed by atoms with Crippen molar-refractivity contribution in [2.45, 2.75) is 30.2 Å². The minimum absolute atomic E-state index is 0.189. The highest BCUT2D eigenvalue weighted by molar-refractivity contribution is 7.92. The van der Waals surface area contributed by atoms with Gasteiger partial charge in [0.05, 0.1) is 18.0 Å². The van der Waals surface area contributed by atoms with Gasteiger partial charge in [-0.2, -0.15) is 0 Å². The number of hydrogen-bond donors (Lipinski definition) is 2. The van der Waals surface area contributed by atoms with E-state index in [2.05, 4.69) is 53.4 Å². The normalized spacial score (nSPS) is 21.4. The molecule has 3 aromatic rings. The first-order chi connectivity index (χ1) is 15.4. The molecule has 2 N–H and O–H groups in total. The van der Waals surface area contributed by atoms with Crippen LogP contribution >= 0.6 is 0 Å². The van der Waals surface area contributed by atoms with Crippen LogP contribution in [0.25, 0.3) is 0 Å². The molecule has 3 atom stereocenters. The standard InChI is InChI=1S/C26H26N2O3S/c1-17-6-8-18(9-7-17)26-23-5-3-4-22(23)24-16-21(14-15-25(24)27-26)32(29,30)28-19-10-12-20(31-2)13-11-19/h3-4,6-16,22-23,26-28H,5H2,1-2H3/t22-,23-,26+/m1/s1. The monoisotopic (exact) mass is 446 g/mol. The van der Waals surface area contributed by atoms with E-state index in [0.29, 0.717) is 17.4 Å². The van der Waals surface area contributed by atoms with Crippen LogP contribution in [0.5, 0.6) is 5.75 Å². The number of anilines is 2. The van der Waals surface area contributed by atoms with Crippen LogP contribution in [-0.4, -0.2) is 15.5 Å². The minimum Gasteiger partial charge on any atom is -0.497 e. The first kappa shape index (κ1) is 20.6. The molecular weight excluding hydrogens is 420 g/mol. The van der Waals surface area contributed by atoms with Gasteiger partial charge in [0.15, 0.2) is 0 Å². The molecule has 2 aliphatic rings. The topological polar surface area (TPSA) is 67.4 Å². The van der Waals surface area contributed by atoms with Crippen molar-refractivity contribution in [3.05, 3.63) is 95.6 Å². The minimum atomic E-state index is -3.71. The Morgan fingerprint density at radius 2 is 1.75 bits per heavy atom. The van der Waals surface area contributed by atoms with Crippen molar-refractivity contribution in [3.63, 3.8) is 0 Å². The molecule has 0 spiro atoms. The summed E-state index contributed by atoms with van der Waals surface area (Å²) in [6, 6.07) is 21.1. The molecule has 0 radical (unpaired) electrons. The molecule has 6 heteroatoms. The number of rotatable bonds is 5. The first-order valence-electron chi connectivity index (χ1n) is 10.8. The summed E-state index contributed by atoms with van der Waals surface area (Å²) in [6.07, 6.45) is 5.40. The third-order valence-electron chi connectivity index (χ3n) is 6.42. The maximum Gasteiger partial charge on any atom is 0.261 e. The molecule has 164 valence electrons. The Kier molecular flexibility index (Phi) is 5.18. The van der Waals surface area contributed by atoms with Gasteiger partial charge in [-0.25, -0.2) is 8.42 Å². The quantitative estimate of drug-likeness (QED) is 0.499. The number of fused-ring (bicyclic) bond motifs is 3. The third kappa shape index (κ3) is 3.75. The van der Waals surface area contributed by atoms with Crippen molar-refractivity contribution in [2.24, 2.45) is 5.92 Å². The van der Waals surface area contributed by atoms with Crippen LogP contribution < -0.4 is 14.8 Å². The first-order valence-corrected chi connectivity index (χ1v) is 12.2. The summed E-state index contributed by atoms with van der Waals surface area (Å²) in [7, 11) is -2.13. The molecule has 0 fully saturated rings. The van der Waals surface area contributed by atoms with Gasteiger partial charge >= 0.3 is 0 Å². The van der Waals surface area contributed by atoms with E-state index in [4.69, 9.17) is 4.74 Å². The van der Waals surface area contributed by atoms with E-state index in [-0.39, 0.29) is 16.9 Å². The van der Waals surface area contributed by atoms with Gasteiger partial charge in [0, 0.05) is 17.3 Å². The lowest BCUT2D eigenvalue weighted by Gasteiger charge is -2.37. The Bertz CT molecular complexity index is 1270. The summed E-state index contributed by atoms with van der Waals surface area (Å²) in [5.41, 5.74) is 5.03. The smallest absolute Gasteiger partial charge is 0.261 e. The summed E-state index contributed by atoms with van der Waals surface area (Å²) in [5, 5.41) is 3.68. The Morgan fingerprint density at radius 1 is 1.00 bits per heavy atom. The zero-order valence-corrected chi connectivity index (χ0v) is 18.9. The average molecular weight is 447 g/mol. The predicted molar refractivity (Wildman–Crippen MR) is 128 cm³/mol. The third-order valence-corrected chi connectivity index (χ3v) is 7.80. The van der Waals surface area contributed by atoms with E-state index >= 15 is 0 Å². The number of benzene rings is 3. The van der Waals surface area contributed by atoms with Gasteiger partial charge in [0.25, 0.3) is 10.0 Å². The number of methoxy groups -OCH3 is 1. The fourth-order valence-electron chi connectivity index (χ4n) is 4.72. The maximum atomic E-state index is 13.1. The molecule has 3 aromatic carbocycles. The molecule has 5 rings (SSSR count). The maximum absolute atomic E-state index is 13.1. The average Bonchev–Trinajstić information content (AvgIpc) is 3.29. The zero-order chi connectivity index (χ0) is 22.3. The molecule has 5 nitrogen and oxygen atoms in total. The Hall–Kier alpha value is -3.25. The largest absolute Gasteiger partial charge is 0.497 e. The predicted octanol–water partition coefficient (Wildman–Crippen LogP) is 5.63. The number of ether oxygens (including phenoxy) is 1. The van der Waals surface area contributed by atoms with Crippen LogP contribution in [0.15, 0.2) is 83.8 Å². The van der Waals surface area contributed by atoms with Crippen LogP contribution in [0, 0.1) is 12.8 Å². The van der Waals surface area contributed by atoms with Crippen molar-refractivity contribution < 1.29 is 13.2 Å². The van der Waals surface area contributed by atoms with Crippen LogP contribution in [0.2, 0.25) is 0 Å². The van der Waals surface area contributed by atoms with Crippen molar-refractivity contribution >= 4 is 21.4 Å². The highest BCUT2D eigenvalue weighted by Gasteiger charge is 2.38. The summed E-state index contributed by atoms with van der Waals surface area (Å²) in [6.45, 7) is 2.09. The number of sulfonamides is 1. The van der Waals surface area contributed by atoms with Gasteiger partial charge in [-0.1, -0.05) is 42.0 Å². The Labute approximate surface area is 189 Å². The molecule has 0 aromatic heterocycles. The van der Waals surface area contributed by atoms with Gasteiger partial charge < -0.3 is 10.1 Å². The van der Waals surface area contributed by atoms with Crippen molar-refractivity contribution in [3.8, 4) is 5.75 Å². The highest BCUT2D eigenvalue weighted by atomic mass is 32.2. The van der Waals surface area contributed by atoms with Crippen LogP contribution in [0.1, 0.15) is 35.1 Å². The van der Waals surface area contributed by atoms with Crippen molar-refractivity contribution in [1.82, 2.24) is 0 Å². The molecule has 1 heterocycles. The second-order valence-corrected chi connectivity index (χ2v) is 10.2. The molecular formula is C26H26N2O3S. The lowest BCUT2D eigenvalue weighted by Crippen LogP contribution is -2.29. The zero-order valence-electron chi connectivity index (χ0n) is 18.1. The van der Waals surface area contributed by atoms with Gasteiger partial charge in [0.1, 0.15) is 5.75 Å². The SMILES string of the molecule is COc1ccc(NS(=O)(=O)c2ccc3c(c2)[C@@H]2C=CC[C@H]2[C@H](c2ccc(C)cc2)N3)cc1. The lowest BCUT2D eigenvalue weighted by atomic mass is 9.77. The number of allylic oxidation sites excluding steroid dienone is 2. The molecule has 0 saturated carbocycles.